The van der Waals surface area contributed by atoms with Gasteiger partial charge in [-0.1, -0.05) is 24.6 Å². The molecule has 1 aliphatic rings. The second kappa shape index (κ2) is 9.01. The van der Waals surface area contributed by atoms with E-state index >= 15 is 0 Å². The highest BCUT2D eigenvalue weighted by atomic mass is 35.5. The van der Waals surface area contributed by atoms with Gasteiger partial charge >= 0.3 is 6.03 Å². The van der Waals surface area contributed by atoms with Gasteiger partial charge < -0.3 is 10.2 Å². The largest absolute Gasteiger partial charge is 0.322 e. The van der Waals surface area contributed by atoms with E-state index < -0.39 is 0 Å². The summed E-state index contributed by atoms with van der Waals surface area (Å²) >= 11 is 6.03. The highest BCUT2D eigenvalue weighted by Crippen LogP contribution is 2.20. The Morgan fingerprint density at radius 1 is 1.35 bits per heavy atom. The number of nitrogens with zero attached hydrogens (tertiary/aromatic N) is 3. The van der Waals surface area contributed by atoms with Crippen LogP contribution in [0.4, 0.5) is 10.5 Å². The van der Waals surface area contributed by atoms with E-state index in [0.717, 1.165) is 25.1 Å². The molecule has 1 N–H and O–H groups in total. The number of amides is 2. The molecule has 0 spiro atoms. The molecule has 6 heteroatoms. The number of urea groups is 1. The number of hydrogen-bond donors (Lipinski definition) is 1. The van der Waals surface area contributed by atoms with Crippen LogP contribution in [0.2, 0.25) is 5.02 Å². The Kier molecular flexibility index (Phi) is 6.47. The monoisotopic (exact) mass is 372 g/mol. The van der Waals surface area contributed by atoms with Crippen LogP contribution in [0.15, 0.2) is 48.8 Å². The Bertz CT molecular complexity index is 725. The second-order valence-electron chi connectivity index (χ2n) is 6.60. The standard InChI is InChI=1S/C20H25ClN4O/c1-2-24-12-4-7-19(24)15-25(14-16-8-10-22-11-9-16)20(26)23-18-6-3-5-17(21)13-18/h3,5-6,8-11,13,19H,2,4,7,12,14-15H2,1H3,(H,23,26)/t19-/m1/s1. The molecule has 1 fully saturated rings. The van der Waals surface area contributed by atoms with Crippen LogP contribution in [0.3, 0.4) is 0 Å². The molecule has 0 radical (unpaired) electrons. The number of likely N-dealkylation sites (N-methyl/N-ethyl adjacent to an activating group) is 1. The fourth-order valence-electron chi connectivity index (χ4n) is 3.47. The lowest BCUT2D eigenvalue weighted by atomic mass is 10.2. The number of carbonyl (C=O) groups is 1. The molecule has 1 aromatic heterocycles. The second-order valence-corrected chi connectivity index (χ2v) is 7.04. The molecule has 1 atom stereocenters. The number of rotatable bonds is 6. The maximum Gasteiger partial charge on any atom is 0.322 e. The van der Waals surface area contributed by atoms with E-state index in [1.54, 1.807) is 24.5 Å². The molecule has 0 bridgehead atoms. The zero-order valence-electron chi connectivity index (χ0n) is 15.1. The first-order valence-corrected chi connectivity index (χ1v) is 9.48. The van der Waals surface area contributed by atoms with Crippen molar-refractivity contribution in [2.45, 2.75) is 32.4 Å². The van der Waals surface area contributed by atoms with Gasteiger partial charge in [-0.2, -0.15) is 0 Å². The van der Waals surface area contributed by atoms with Gasteiger partial charge in [0, 0.05) is 42.2 Å². The average Bonchev–Trinajstić information content (AvgIpc) is 3.09. The fourth-order valence-corrected chi connectivity index (χ4v) is 3.66. The van der Waals surface area contributed by atoms with Gasteiger partial charge in [0.15, 0.2) is 0 Å². The third kappa shape index (κ3) is 4.96. The summed E-state index contributed by atoms with van der Waals surface area (Å²) in [4.78, 5) is 21.3. The third-order valence-corrected chi connectivity index (χ3v) is 5.06. The number of likely N-dealkylation sites (tertiary alicyclic amines) is 1. The van der Waals surface area contributed by atoms with Crippen LogP contribution < -0.4 is 5.32 Å². The number of nitrogens with one attached hydrogen (secondary N) is 1. The summed E-state index contributed by atoms with van der Waals surface area (Å²) in [5.74, 6) is 0. The van der Waals surface area contributed by atoms with Crippen molar-refractivity contribution in [3.05, 3.63) is 59.4 Å². The Balaban J connectivity index is 1.73. The minimum absolute atomic E-state index is 0.105. The highest BCUT2D eigenvalue weighted by molar-refractivity contribution is 6.30. The van der Waals surface area contributed by atoms with E-state index in [0.29, 0.717) is 29.8 Å². The molecule has 5 nitrogen and oxygen atoms in total. The zero-order valence-corrected chi connectivity index (χ0v) is 15.8. The molecule has 138 valence electrons. The van der Waals surface area contributed by atoms with Crippen molar-refractivity contribution < 1.29 is 4.79 Å². The van der Waals surface area contributed by atoms with Crippen molar-refractivity contribution in [3.8, 4) is 0 Å². The first kappa shape index (κ1) is 18.7. The molecule has 2 heterocycles. The van der Waals surface area contributed by atoms with Crippen molar-refractivity contribution in [1.82, 2.24) is 14.8 Å². The molecule has 1 saturated heterocycles. The van der Waals surface area contributed by atoms with E-state index in [1.165, 1.54) is 6.42 Å². The Labute approximate surface area is 160 Å². The Morgan fingerprint density at radius 3 is 2.88 bits per heavy atom. The Hall–Kier alpha value is -2.11. The number of aromatic nitrogens is 1. The number of halogens is 1. The molecule has 0 saturated carbocycles. The zero-order chi connectivity index (χ0) is 18.4. The third-order valence-electron chi connectivity index (χ3n) is 4.82. The minimum Gasteiger partial charge on any atom is -0.319 e. The van der Waals surface area contributed by atoms with Crippen molar-refractivity contribution in [2.75, 3.05) is 25.0 Å². The van der Waals surface area contributed by atoms with Crippen LogP contribution in [0.25, 0.3) is 0 Å². The average molecular weight is 373 g/mol. The van der Waals surface area contributed by atoms with E-state index in [-0.39, 0.29) is 6.03 Å². The summed E-state index contributed by atoms with van der Waals surface area (Å²) in [7, 11) is 0. The lowest BCUT2D eigenvalue weighted by Gasteiger charge is -2.30. The summed E-state index contributed by atoms with van der Waals surface area (Å²) < 4.78 is 0. The van der Waals surface area contributed by atoms with Crippen molar-refractivity contribution in [1.29, 1.82) is 0 Å². The van der Waals surface area contributed by atoms with Gasteiger partial charge in [0.25, 0.3) is 0 Å². The molecular formula is C20H25ClN4O. The van der Waals surface area contributed by atoms with Crippen LogP contribution >= 0.6 is 11.6 Å². The predicted octanol–water partition coefficient (Wildman–Crippen LogP) is 4.25. The topological polar surface area (TPSA) is 48.5 Å². The van der Waals surface area contributed by atoms with Gasteiger partial charge in [-0.25, -0.2) is 4.79 Å². The van der Waals surface area contributed by atoms with Crippen molar-refractivity contribution in [3.63, 3.8) is 0 Å². The molecule has 3 rings (SSSR count). The van der Waals surface area contributed by atoms with Gasteiger partial charge in [0.2, 0.25) is 0 Å². The quantitative estimate of drug-likeness (QED) is 0.824. The summed E-state index contributed by atoms with van der Waals surface area (Å²) in [6.07, 6.45) is 5.84. The summed E-state index contributed by atoms with van der Waals surface area (Å²) in [6, 6.07) is 11.4. The molecule has 1 aliphatic heterocycles. The fraction of sp³-hybridized carbons (Fsp3) is 0.400. The summed E-state index contributed by atoms with van der Waals surface area (Å²) in [6.45, 7) is 5.58. The maximum absolute atomic E-state index is 12.9. The number of anilines is 1. The van der Waals surface area contributed by atoms with Crippen LogP contribution in [-0.2, 0) is 6.54 Å². The molecule has 0 aliphatic carbocycles. The number of carbonyl (C=O) groups excluding carboxylic acids is 1. The first-order valence-electron chi connectivity index (χ1n) is 9.10. The molecule has 0 unspecified atom stereocenters. The smallest absolute Gasteiger partial charge is 0.319 e. The van der Waals surface area contributed by atoms with Gasteiger partial charge in [0.05, 0.1) is 0 Å². The minimum atomic E-state index is -0.105. The van der Waals surface area contributed by atoms with Crippen molar-refractivity contribution in [2.24, 2.45) is 0 Å². The molecular weight excluding hydrogens is 348 g/mol. The van der Waals surface area contributed by atoms with Crippen molar-refractivity contribution >= 4 is 23.3 Å². The van der Waals surface area contributed by atoms with Crippen LogP contribution in [0.1, 0.15) is 25.3 Å². The number of pyridine rings is 1. The molecule has 26 heavy (non-hydrogen) atoms. The molecule has 1 aromatic carbocycles. The van der Waals surface area contributed by atoms with E-state index in [9.17, 15) is 4.79 Å². The lowest BCUT2D eigenvalue weighted by Crippen LogP contribution is -2.44. The highest BCUT2D eigenvalue weighted by Gasteiger charge is 2.27. The van der Waals surface area contributed by atoms with E-state index in [1.807, 2.05) is 29.2 Å². The summed E-state index contributed by atoms with van der Waals surface area (Å²) in [5.41, 5.74) is 1.78. The normalized spacial score (nSPS) is 17.2. The van der Waals surface area contributed by atoms with Crippen LogP contribution in [0.5, 0.6) is 0 Å². The van der Waals surface area contributed by atoms with Crippen LogP contribution in [0, 0.1) is 0 Å². The number of hydrogen-bond acceptors (Lipinski definition) is 3. The predicted molar refractivity (Wildman–Crippen MR) is 105 cm³/mol. The van der Waals surface area contributed by atoms with Gasteiger partial charge in [-0.3, -0.25) is 9.88 Å². The first-order chi connectivity index (χ1) is 12.7. The van der Waals surface area contributed by atoms with E-state index in [4.69, 9.17) is 11.6 Å². The lowest BCUT2D eigenvalue weighted by molar-refractivity contribution is 0.175. The van der Waals surface area contributed by atoms with Crippen LogP contribution in [-0.4, -0.2) is 46.5 Å². The maximum atomic E-state index is 12.9. The molecule has 2 amide bonds. The SMILES string of the molecule is CCN1CCC[C@@H]1CN(Cc1ccncc1)C(=O)Nc1cccc(Cl)c1. The Morgan fingerprint density at radius 2 is 2.15 bits per heavy atom. The molecule has 2 aromatic rings. The van der Waals surface area contributed by atoms with Gasteiger partial charge in [-0.15, -0.1) is 0 Å². The number of benzene rings is 1. The summed E-state index contributed by atoms with van der Waals surface area (Å²) in [5, 5.41) is 3.59. The van der Waals surface area contributed by atoms with Gasteiger partial charge in [0.1, 0.15) is 0 Å². The van der Waals surface area contributed by atoms with Gasteiger partial charge in [-0.05, 0) is 61.8 Å². The van der Waals surface area contributed by atoms with E-state index in [2.05, 4.69) is 22.1 Å².